The summed E-state index contributed by atoms with van der Waals surface area (Å²) in [4.78, 5) is 42.5. The van der Waals surface area contributed by atoms with Crippen molar-refractivity contribution in [3.8, 4) is 11.7 Å². The normalized spacial score (nSPS) is 20.1. The van der Waals surface area contributed by atoms with Gasteiger partial charge in [-0.15, -0.1) is 0 Å². The van der Waals surface area contributed by atoms with Crippen molar-refractivity contribution in [3.05, 3.63) is 87.9 Å². The Hall–Kier alpha value is -4.72. The smallest absolute Gasteiger partial charge is 0.320 e. The third-order valence-corrected chi connectivity index (χ3v) is 6.63. The van der Waals surface area contributed by atoms with Crippen molar-refractivity contribution < 1.29 is 28.6 Å². The van der Waals surface area contributed by atoms with E-state index in [1.165, 1.54) is 0 Å². The second kappa shape index (κ2) is 6.41. The lowest BCUT2D eigenvalue weighted by Crippen LogP contribution is -2.24. The number of ether oxygens (including phenoxy) is 1. The highest BCUT2D eigenvalue weighted by atomic mass is 16.5. The van der Waals surface area contributed by atoms with E-state index in [1.54, 1.807) is 42.5 Å². The summed E-state index contributed by atoms with van der Waals surface area (Å²) in [6, 6.07) is 17.4. The highest BCUT2D eigenvalue weighted by molar-refractivity contribution is 6.24. The summed E-state index contributed by atoms with van der Waals surface area (Å²) in [5.74, 6) is -3.11. The second-order valence-electron chi connectivity index (χ2n) is 8.43. The number of amides is 2. The Morgan fingerprint density at radius 1 is 0.912 bits per heavy atom. The zero-order valence-electron chi connectivity index (χ0n) is 17.4. The number of benzene rings is 3. The van der Waals surface area contributed by atoms with Gasteiger partial charge < -0.3 is 19.6 Å². The number of aromatic hydroxyl groups is 1. The maximum Gasteiger partial charge on any atom is 0.320 e. The molecule has 0 saturated heterocycles. The first-order valence-corrected chi connectivity index (χ1v) is 10.6. The van der Waals surface area contributed by atoms with Crippen molar-refractivity contribution in [1.82, 2.24) is 0 Å². The van der Waals surface area contributed by atoms with Gasteiger partial charge in [-0.2, -0.15) is 0 Å². The molecule has 3 aliphatic rings. The van der Waals surface area contributed by atoms with Crippen LogP contribution in [-0.4, -0.2) is 22.9 Å². The summed E-state index contributed by atoms with van der Waals surface area (Å²) in [6.07, 6.45) is 0. The Balaban J connectivity index is 1.43. The molecule has 164 valence electrons. The van der Waals surface area contributed by atoms with Gasteiger partial charge in [-0.25, -0.2) is 4.99 Å². The van der Waals surface area contributed by atoms with Crippen molar-refractivity contribution in [3.63, 3.8) is 0 Å². The molecule has 1 unspecified atom stereocenters. The molecule has 4 heterocycles. The van der Waals surface area contributed by atoms with Crippen LogP contribution in [0.15, 0.2) is 70.1 Å². The van der Waals surface area contributed by atoms with Crippen LogP contribution in [0.1, 0.15) is 28.5 Å². The molecule has 0 spiro atoms. The van der Waals surface area contributed by atoms with E-state index in [-0.39, 0.29) is 28.4 Å². The number of carbonyl (C=O) groups is 3. The number of esters is 1. The molecule has 2 amide bonds. The summed E-state index contributed by atoms with van der Waals surface area (Å²) in [7, 11) is 0. The van der Waals surface area contributed by atoms with E-state index in [9.17, 15) is 19.5 Å². The molecule has 0 saturated carbocycles. The highest BCUT2D eigenvalue weighted by Gasteiger charge is 2.47. The molecule has 0 radical (unpaired) electrons. The maximum absolute atomic E-state index is 12.9. The van der Waals surface area contributed by atoms with Crippen molar-refractivity contribution in [2.24, 2.45) is 4.99 Å². The molecule has 0 aliphatic carbocycles. The largest absolute Gasteiger partial charge is 0.480 e. The molecule has 0 fully saturated rings. The lowest BCUT2D eigenvalue weighted by atomic mass is 9.82. The monoisotopic (exact) mass is 450 g/mol. The first kappa shape index (κ1) is 18.8. The van der Waals surface area contributed by atoms with Gasteiger partial charge in [0.15, 0.2) is 0 Å². The number of furan rings is 1. The summed E-state index contributed by atoms with van der Waals surface area (Å²) in [6.45, 7) is 0. The van der Waals surface area contributed by atoms with Crippen LogP contribution < -0.4 is 20.6 Å². The fourth-order valence-electron chi connectivity index (χ4n) is 5.18. The molecule has 8 nitrogen and oxygen atoms in total. The van der Waals surface area contributed by atoms with Gasteiger partial charge in [0.1, 0.15) is 17.3 Å². The highest BCUT2D eigenvalue weighted by Crippen LogP contribution is 2.50. The number of nitrogens with one attached hydrogen (secondary N) is 1. The zero-order valence-corrected chi connectivity index (χ0v) is 17.4. The number of hydrogen-bond donors (Lipinski definition) is 2. The Morgan fingerprint density at radius 3 is 2.59 bits per heavy atom. The predicted octanol–water partition coefficient (Wildman–Crippen LogP) is 2.24. The van der Waals surface area contributed by atoms with E-state index in [1.807, 2.05) is 18.2 Å². The minimum atomic E-state index is -0.866. The van der Waals surface area contributed by atoms with Crippen molar-refractivity contribution in [2.75, 3.05) is 5.32 Å². The van der Waals surface area contributed by atoms with E-state index >= 15 is 0 Å². The molecule has 7 rings (SSSR count). The Kier molecular flexibility index (Phi) is 3.55. The predicted molar refractivity (Wildman–Crippen MR) is 119 cm³/mol. The number of hydrogen-bond acceptors (Lipinski definition) is 6. The lowest BCUT2D eigenvalue weighted by molar-refractivity contribution is -0.136. The van der Waals surface area contributed by atoms with Crippen LogP contribution >= 0.6 is 0 Å². The van der Waals surface area contributed by atoms with Crippen LogP contribution in [-0.2, 0) is 14.4 Å². The second-order valence-corrected chi connectivity index (χ2v) is 8.43. The van der Waals surface area contributed by atoms with E-state index in [2.05, 4.69) is 10.3 Å². The average molecular weight is 450 g/mol. The lowest BCUT2D eigenvalue weighted by Gasteiger charge is -2.14. The van der Waals surface area contributed by atoms with Gasteiger partial charge in [0.25, 0.3) is 11.9 Å². The van der Waals surface area contributed by atoms with Gasteiger partial charge in [-0.3, -0.25) is 14.4 Å². The third kappa shape index (κ3) is 2.36. The maximum atomic E-state index is 12.9. The van der Waals surface area contributed by atoms with Crippen LogP contribution in [0, 0.1) is 0 Å². The number of nitrogens with zero attached hydrogens (tertiary/aromatic N) is 1. The Bertz CT molecular complexity index is 1750. The summed E-state index contributed by atoms with van der Waals surface area (Å²) in [5, 5.41) is 15.0. The van der Waals surface area contributed by atoms with Crippen molar-refractivity contribution in [1.29, 1.82) is 0 Å². The molecule has 3 aromatic carbocycles. The van der Waals surface area contributed by atoms with Gasteiger partial charge in [0.05, 0.1) is 22.4 Å². The van der Waals surface area contributed by atoms with Crippen molar-refractivity contribution in [2.45, 2.75) is 11.8 Å². The molecular formula is C26H14N2O6. The first-order valence-electron chi connectivity index (χ1n) is 10.6. The molecule has 2 atom stereocenters. The molecule has 3 aliphatic heterocycles. The topological polar surface area (TPSA) is 118 Å². The minimum absolute atomic E-state index is 0.194. The molecule has 2 N–H and O–H groups in total. The van der Waals surface area contributed by atoms with Gasteiger partial charge in [-0.05, 0) is 29.8 Å². The number of rotatable bonds is 2. The standard InChI is InChI=1S/C26H14N2O6/c29-23-19(11-5-1-3-7-15(11)27-23)21-13-9-18-14(10-17(13)33-25(21)31)22(26(32)34-18)20-12-6-2-4-8-16(12)28-24(20)30/h1-10,19,21,32H,(H,27,29)/t19-,21?/m0/s1. The Labute approximate surface area is 190 Å². The van der Waals surface area contributed by atoms with Gasteiger partial charge in [-0.1, -0.05) is 36.4 Å². The minimum Gasteiger partial charge on any atom is -0.480 e. The van der Waals surface area contributed by atoms with Gasteiger partial charge in [0, 0.05) is 21.9 Å². The van der Waals surface area contributed by atoms with Crippen LogP contribution in [0.4, 0.5) is 5.69 Å². The van der Waals surface area contributed by atoms with E-state index in [0.29, 0.717) is 27.2 Å². The SMILES string of the molecule is O=C1N=c2ccccc2=C1c1c(O)oc2cc3c(cc12)OC(=O)C3[C@H]1C(=O)Nc2ccccc21. The number of fused-ring (bicyclic) bond motifs is 4. The fourth-order valence-corrected chi connectivity index (χ4v) is 5.18. The number of para-hydroxylation sites is 2. The van der Waals surface area contributed by atoms with Crippen LogP contribution in [0.25, 0.3) is 16.5 Å². The van der Waals surface area contributed by atoms with E-state index in [4.69, 9.17) is 9.15 Å². The third-order valence-electron chi connectivity index (χ3n) is 6.63. The van der Waals surface area contributed by atoms with E-state index in [0.717, 1.165) is 5.56 Å². The Morgan fingerprint density at radius 2 is 1.71 bits per heavy atom. The number of carbonyl (C=O) groups excluding carboxylic acids is 3. The average Bonchev–Trinajstić information content (AvgIpc) is 3.51. The summed E-state index contributed by atoms with van der Waals surface area (Å²) >= 11 is 0. The summed E-state index contributed by atoms with van der Waals surface area (Å²) in [5.41, 5.74) is 2.55. The zero-order chi connectivity index (χ0) is 23.1. The van der Waals surface area contributed by atoms with Crippen molar-refractivity contribution >= 4 is 40.0 Å². The first-order chi connectivity index (χ1) is 16.5. The van der Waals surface area contributed by atoms with Crippen LogP contribution in [0.5, 0.6) is 11.7 Å². The van der Waals surface area contributed by atoms with Gasteiger partial charge in [0.2, 0.25) is 5.91 Å². The number of anilines is 1. The van der Waals surface area contributed by atoms with E-state index < -0.39 is 29.7 Å². The molecule has 34 heavy (non-hydrogen) atoms. The molecule has 8 heteroatoms. The van der Waals surface area contributed by atoms with Crippen LogP contribution in [0.2, 0.25) is 0 Å². The molecule has 1 aromatic heterocycles. The molecular weight excluding hydrogens is 436 g/mol. The quantitative estimate of drug-likeness (QED) is 0.357. The summed E-state index contributed by atoms with van der Waals surface area (Å²) < 4.78 is 11.2. The fraction of sp³-hybridized carbons (Fsp3) is 0.0769. The van der Waals surface area contributed by atoms with Gasteiger partial charge >= 0.3 is 5.97 Å². The van der Waals surface area contributed by atoms with Crippen LogP contribution in [0.3, 0.4) is 0 Å². The molecule has 0 bridgehead atoms. The molecule has 4 aromatic rings.